The van der Waals surface area contributed by atoms with E-state index in [1.807, 2.05) is 6.07 Å². The lowest BCUT2D eigenvalue weighted by Crippen LogP contribution is -2.13. The topological polar surface area (TPSA) is 35.8 Å². The second-order valence-corrected chi connectivity index (χ2v) is 2.77. The average Bonchev–Trinajstić information content (AvgIpc) is 2.17. The molecule has 2 nitrogen and oxygen atoms in total. The normalized spacial score (nSPS) is 9.07. The molecule has 0 fully saturated rings. The Labute approximate surface area is 82.4 Å². The zero-order valence-electron chi connectivity index (χ0n) is 7.55. The van der Waals surface area contributed by atoms with Crippen LogP contribution < -0.4 is 5.32 Å². The van der Waals surface area contributed by atoms with Gasteiger partial charge in [-0.15, -0.1) is 6.42 Å². The van der Waals surface area contributed by atoms with E-state index >= 15 is 0 Å². The van der Waals surface area contributed by atoms with E-state index in [9.17, 15) is 4.39 Å². The van der Waals surface area contributed by atoms with Gasteiger partial charge in [-0.25, -0.2) is 4.39 Å². The summed E-state index contributed by atoms with van der Waals surface area (Å²) >= 11 is 0. The molecule has 0 saturated carbocycles. The van der Waals surface area contributed by atoms with E-state index in [0.717, 1.165) is 5.56 Å². The fourth-order valence-corrected chi connectivity index (χ4v) is 1.10. The molecule has 1 N–H and O–H groups in total. The third-order valence-electron chi connectivity index (χ3n) is 1.64. The summed E-state index contributed by atoms with van der Waals surface area (Å²) in [5.74, 6) is 2.01. The zero-order chi connectivity index (χ0) is 10.4. The summed E-state index contributed by atoms with van der Waals surface area (Å²) in [7, 11) is 0. The Morgan fingerprint density at radius 2 is 2.21 bits per heavy atom. The Morgan fingerprint density at radius 3 is 2.86 bits per heavy atom. The molecule has 1 aromatic carbocycles. The van der Waals surface area contributed by atoms with Crippen molar-refractivity contribution < 1.29 is 4.39 Å². The fraction of sp³-hybridized carbons (Fsp3) is 0.182. The van der Waals surface area contributed by atoms with E-state index in [4.69, 9.17) is 11.7 Å². The molecule has 0 heterocycles. The molecule has 0 aromatic heterocycles. The fourth-order valence-electron chi connectivity index (χ4n) is 1.10. The SMILES string of the molecule is C#CCNCc1cc(F)cc(C#N)c1. The Bertz CT molecular complexity index is 399. The van der Waals surface area contributed by atoms with Crippen LogP contribution in [-0.4, -0.2) is 6.54 Å². The van der Waals surface area contributed by atoms with Crippen molar-refractivity contribution in [2.24, 2.45) is 0 Å². The second kappa shape index (κ2) is 5.01. The van der Waals surface area contributed by atoms with Crippen molar-refractivity contribution in [2.45, 2.75) is 6.54 Å². The van der Waals surface area contributed by atoms with E-state index in [1.54, 1.807) is 6.07 Å². The minimum atomic E-state index is -0.401. The van der Waals surface area contributed by atoms with E-state index in [-0.39, 0.29) is 0 Å². The summed E-state index contributed by atoms with van der Waals surface area (Å²) in [5, 5.41) is 11.5. The van der Waals surface area contributed by atoms with Crippen molar-refractivity contribution in [3.8, 4) is 18.4 Å². The highest BCUT2D eigenvalue weighted by molar-refractivity contribution is 5.33. The summed E-state index contributed by atoms with van der Waals surface area (Å²) < 4.78 is 12.9. The van der Waals surface area contributed by atoms with Crippen LogP contribution in [0.3, 0.4) is 0 Å². The molecule has 3 heteroatoms. The smallest absolute Gasteiger partial charge is 0.124 e. The molecule has 1 rings (SSSR count). The van der Waals surface area contributed by atoms with Crippen molar-refractivity contribution in [1.29, 1.82) is 5.26 Å². The Balaban J connectivity index is 2.74. The van der Waals surface area contributed by atoms with Crippen LogP contribution in [0.1, 0.15) is 11.1 Å². The van der Waals surface area contributed by atoms with E-state index < -0.39 is 5.82 Å². The molecular formula is C11H9FN2. The third-order valence-corrected chi connectivity index (χ3v) is 1.64. The van der Waals surface area contributed by atoms with Crippen LogP contribution in [-0.2, 0) is 6.54 Å². The molecule has 0 aliphatic rings. The van der Waals surface area contributed by atoms with Crippen molar-refractivity contribution in [1.82, 2.24) is 5.32 Å². The van der Waals surface area contributed by atoms with Gasteiger partial charge in [0.2, 0.25) is 0 Å². The number of rotatable bonds is 3. The maximum absolute atomic E-state index is 12.9. The van der Waals surface area contributed by atoms with E-state index in [2.05, 4.69) is 11.2 Å². The van der Waals surface area contributed by atoms with Gasteiger partial charge in [-0.2, -0.15) is 5.26 Å². The van der Waals surface area contributed by atoms with Gasteiger partial charge < -0.3 is 5.32 Å². The molecule has 0 aliphatic carbocycles. The summed E-state index contributed by atoms with van der Waals surface area (Å²) in [4.78, 5) is 0. The monoisotopic (exact) mass is 188 g/mol. The Kier molecular flexibility index (Phi) is 3.67. The molecule has 0 atom stereocenters. The first-order valence-electron chi connectivity index (χ1n) is 4.10. The van der Waals surface area contributed by atoms with Crippen molar-refractivity contribution in [3.05, 3.63) is 35.1 Å². The van der Waals surface area contributed by atoms with E-state index in [1.165, 1.54) is 12.1 Å². The molecule has 0 bridgehead atoms. The lowest BCUT2D eigenvalue weighted by Gasteiger charge is -2.02. The summed E-state index contributed by atoms with van der Waals surface area (Å²) in [6, 6.07) is 6.10. The van der Waals surface area contributed by atoms with Crippen molar-refractivity contribution in [3.63, 3.8) is 0 Å². The number of benzene rings is 1. The van der Waals surface area contributed by atoms with Gasteiger partial charge in [0, 0.05) is 6.54 Å². The average molecular weight is 188 g/mol. The number of nitrogens with zero attached hydrogens (tertiary/aromatic N) is 1. The Morgan fingerprint density at radius 1 is 1.43 bits per heavy atom. The first-order chi connectivity index (χ1) is 6.76. The van der Waals surface area contributed by atoms with Gasteiger partial charge in [0.05, 0.1) is 18.2 Å². The highest BCUT2D eigenvalue weighted by atomic mass is 19.1. The van der Waals surface area contributed by atoms with E-state index in [0.29, 0.717) is 18.7 Å². The largest absolute Gasteiger partial charge is 0.302 e. The Hall–Kier alpha value is -1.84. The van der Waals surface area contributed by atoms with Gasteiger partial charge in [-0.05, 0) is 23.8 Å². The minimum Gasteiger partial charge on any atom is -0.302 e. The first-order valence-corrected chi connectivity index (χ1v) is 4.10. The number of halogens is 1. The quantitative estimate of drug-likeness (QED) is 0.575. The standard InChI is InChI=1S/C11H9FN2/c1-2-3-14-8-10-4-9(7-13)5-11(12)6-10/h1,4-6,14H,3,8H2. The maximum atomic E-state index is 12.9. The molecule has 14 heavy (non-hydrogen) atoms. The molecule has 0 spiro atoms. The van der Waals surface area contributed by atoms with Gasteiger partial charge in [0.25, 0.3) is 0 Å². The summed E-state index contributed by atoms with van der Waals surface area (Å²) in [6.07, 6.45) is 5.04. The van der Waals surface area contributed by atoms with Crippen LogP contribution in [0.15, 0.2) is 18.2 Å². The molecular weight excluding hydrogens is 179 g/mol. The zero-order valence-corrected chi connectivity index (χ0v) is 7.55. The maximum Gasteiger partial charge on any atom is 0.124 e. The van der Waals surface area contributed by atoms with Crippen LogP contribution in [0.5, 0.6) is 0 Å². The predicted molar refractivity (Wildman–Crippen MR) is 51.7 cm³/mol. The first kappa shape index (κ1) is 10.2. The third kappa shape index (κ3) is 2.90. The van der Waals surface area contributed by atoms with Crippen LogP contribution in [0.4, 0.5) is 4.39 Å². The number of nitrogens with one attached hydrogen (secondary N) is 1. The minimum absolute atomic E-state index is 0.322. The molecule has 0 radical (unpaired) electrons. The van der Waals surface area contributed by atoms with Crippen LogP contribution in [0, 0.1) is 29.5 Å². The van der Waals surface area contributed by atoms with Gasteiger partial charge in [-0.3, -0.25) is 0 Å². The molecule has 0 saturated heterocycles. The summed E-state index contributed by atoms with van der Waals surface area (Å²) in [6.45, 7) is 0.898. The number of nitriles is 1. The van der Waals surface area contributed by atoms with Gasteiger partial charge in [0.1, 0.15) is 5.82 Å². The molecule has 0 aliphatic heterocycles. The van der Waals surface area contributed by atoms with Crippen LogP contribution >= 0.6 is 0 Å². The van der Waals surface area contributed by atoms with Crippen molar-refractivity contribution in [2.75, 3.05) is 6.54 Å². The number of terminal acetylenes is 1. The molecule has 0 amide bonds. The summed E-state index contributed by atoms with van der Waals surface area (Å²) in [5.41, 5.74) is 1.04. The highest BCUT2D eigenvalue weighted by Gasteiger charge is 1.99. The lowest BCUT2D eigenvalue weighted by molar-refractivity contribution is 0.622. The second-order valence-electron chi connectivity index (χ2n) is 2.77. The van der Waals surface area contributed by atoms with Gasteiger partial charge >= 0.3 is 0 Å². The molecule has 1 aromatic rings. The lowest BCUT2D eigenvalue weighted by atomic mass is 10.1. The van der Waals surface area contributed by atoms with Crippen LogP contribution in [0.25, 0.3) is 0 Å². The molecule has 70 valence electrons. The van der Waals surface area contributed by atoms with Crippen molar-refractivity contribution >= 4 is 0 Å². The van der Waals surface area contributed by atoms with Gasteiger partial charge in [0.15, 0.2) is 0 Å². The number of hydrogen-bond donors (Lipinski definition) is 1. The van der Waals surface area contributed by atoms with Gasteiger partial charge in [-0.1, -0.05) is 5.92 Å². The van der Waals surface area contributed by atoms with Crippen LogP contribution in [0.2, 0.25) is 0 Å². The predicted octanol–water partition coefficient (Wildman–Crippen LogP) is 1.42. The highest BCUT2D eigenvalue weighted by Crippen LogP contribution is 2.07. The number of hydrogen-bond acceptors (Lipinski definition) is 2. The molecule has 0 unspecified atom stereocenters.